The van der Waals surface area contributed by atoms with Crippen molar-refractivity contribution in [2.75, 3.05) is 20.1 Å². The molecule has 0 fully saturated rings. The molecule has 0 aliphatic heterocycles. The Morgan fingerprint density at radius 1 is 1.11 bits per heavy atom. The van der Waals surface area contributed by atoms with Gasteiger partial charge in [0.05, 0.1) is 0 Å². The van der Waals surface area contributed by atoms with Gasteiger partial charge in [-0.15, -0.1) is 0 Å². The average Bonchev–Trinajstić information content (AvgIpc) is 2.30. The third-order valence-electron chi connectivity index (χ3n) is 2.91. The van der Waals surface area contributed by atoms with Crippen molar-refractivity contribution in [3.63, 3.8) is 0 Å². The fourth-order valence-electron chi connectivity index (χ4n) is 2.17. The summed E-state index contributed by atoms with van der Waals surface area (Å²) in [6.07, 6.45) is 1.19. The molecular formula is C16H28N2. The first-order valence-corrected chi connectivity index (χ1v) is 7.09. The lowest BCUT2D eigenvalue weighted by molar-refractivity contribution is 0.288. The Kier molecular flexibility index (Phi) is 6.99. The van der Waals surface area contributed by atoms with Crippen LogP contribution in [0.25, 0.3) is 0 Å². The summed E-state index contributed by atoms with van der Waals surface area (Å²) in [5.41, 5.74) is 2.77. The molecule has 0 heterocycles. The van der Waals surface area contributed by atoms with E-state index in [0.717, 1.165) is 32.1 Å². The number of nitrogens with zero attached hydrogens (tertiary/aromatic N) is 1. The summed E-state index contributed by atoms with van der Waals surface area (Å²) in [5, 5.41) is 3.43. The van der Waals surface area contributed by atoms with Crippen molar-refractivity contribution >= 4 is 0 Å². The molecule has 0 amide bonds. The first kappa shape index (κ1) is 15.2. The van der Waals surface area contributed by atoms with E-state index >= 15 is 0 Å². The standard InChI is InChI=1S/C16H28N2/c1-5-10-17-11-15-6-8-16(9-7-15)13-18(4)12-14(2)3/h6-9,14,17H,5,10-13H2,1-4H3. The third kappa shape index (κ3) is 6.18. The Balaban J connectivity index is 2.39. The van der Waals surface area contributed by atoms with E-state index in [2.05, 4.69) is 62.3 Å². The Bertz CT molecular complexity index is 316. The van der Waals surface area contributed by atoms with E-state index in [1.54, 1.807) is 0 Å². The van der Waals surface area contributed by atoms with Crippen molar-refractivity contribution in [1.29, 1.82) is 0 Å². The molecular weight excluding hydrogens is 220 g/mol. The maximum absolute atomic E-state index is 3.43. The summed E-state index contributed by atoms with van der Waals surface area (Å²) in [5.74, 6) is 0.729. The molecule has 0 aliphatic carbocycles. The van der Waals surface area contributed by atoms with Gasteiger partial charge in [-0.05, 0) is 37.1 Å². The molecule has 0 saturated carbocycles. The topological polar surface area (TPSA) is 15.3 Å². The van der Waals surface area contributed by atoms with Gasteiger partial charge in [0.1, 0.15) is 0 Å². The molecule has 0 atom stereocenters. The minimum atomic E-state index is 0.729. The van der Waals surface area contributed by atoms with Crippen LogP contribution in [0, 0.1) is 5.92 Å². The number of rotatable bonds is 8. The lowest BCUT2D eigenvalue weighted by atomic mass is 10.1. The molecule has 102 valence electrons. The van der Waals surface area contributed by atoms with E-state index in [0.29, 0.717) is 0 Å². The molecule has 1 rings (SSSR count). The van der Waals surface area contributed by atoms with Crippen LogP contribution < -0.4 is 5.32 Å². The summed E-state index contributed by atoms with van der Waals surface area (Å²) < 4.78 is 0. The number of benzene rings is 1. The van der Waals surface area contributed by atoms with Crippen molar-refractivity contribution in [2.24, 2.45) is 5.92 Å². The van der Waals surface area contributed by atoms with E-state index in [-0.39, 0.29) is 0 Å². The predicted molar refractivity (Wildman–Crippen MR) is 79.6 cm³/mol. The van der Waals surface area contributed by atoms with Crippen molar-refractivity contribution in [1.82, 2.24) is 10.2 Å². The average molecular weight is 248 g/mol. The molecule has 2 heteroatoms. The van der Waals surface area contributed by atoms with Crippen LogP contribution in [0.5, 0.6) is 0 Å². The van der Waals surface area contributed by atoms with Gasteiger partial charge in [0.2, 0.25) is 0 Å². The van der Waals surface area contributed by atoms with Crippen molar-refractivity contribution < 1.29 is 0 Å². The molecule has 1 aromatic rings. The van der Waals surface area contributed by atoms with Crippen LogP contribution in [0.15, 0.2) is 24.3 Å². The SMILES string of the molecule is CCCNCc1ccc(CN(C)CC(C)C)cc1. The van der Waals surface area contributed by atoms with E-state index in [9.17, 15) is 0 Å². The molecule has 0 spiro atoms. The zero-order valence-corrected chi connectivity index (χ0v) is 12.4. The summed E-state index contributed by atoms with van der Waals surface area (Å²) in [4.78, 5) is 2.38. The van der Waals surface area contributed by atoms with Crippen LogP contribution in [0.2, 0.25) is 0 Å². The smallest absolute Gasteiger partial charge is 0.0230 e. The van der Waals surface area contributed by atoms with E-state index in [4.69, 9.17) is 0 Å². The van der Waals surface area contributed by atoms with Crippen LogP contribution in [-0.4, -0.2) is 25.0 Å². The highest BCUT2D eigenvalue weighted by Crippen LogP contribution is 2.08. The summed E-state index contributed by atoms with van der Waals surface area (Å²) >= 11 is 0. The lowest BCUT2D eigenvalue weighted by Gasteiger charge is -2.19. The van der Waals surface area contributed by atoms with Crippen LogP contribution in [0.3, 0.4) is 0 Å². The van der Waals surface area contributed by atoms with Crippen molar-refractivity contribution in [3.05, 3.63) is 35.4 Å². The quantitative estimate of drug-likeness (QED) is 0.710. The zero-order valence-electron chi connectivity index (χ0n) is 12.4. The van der Waals surface area contributed by atoms with Gasteiger partial charge in [-0.25, -0.2) is 0 Å². The van der Waals surface area contributed by atoms with Gasteiger partial charge in [0.15, 0.2) is 0 Å². The van der Waals surface area contributed by atoms with Gasteiger partial charge in [-0.1, -0.05) is 45.0 Å². The molecule has 0 saturated heterocycles. The predicted octanol–water partition coefficient (Wildman–Crippen LogP) is 3.27. The van der Waals surface area contributed by atoms with Crippen molar-refractivity contribution in [3.8, 4) is 0 Å². The molecule has 0 aromatic heterocycles. The molecule has 1 aromatic carbocycles. The zero-order chi connectivity index (χ0) is 13.4. The van der Waals surface area contributed by atoms with Gasteiger partial charge >= 0.3 is 0 Å². The number of hydrogen-bond donors (Lipinski definition) is 1. The normalized spacial score (nSPS) is 11.4. The molecule has 0 bridgehead atoms. The highest BCUT2D eigenvalue weighted by Gasteiger charge is 2.02. The van der Waals surface area contributed by atoms with Gasteiger partial charge in [-0.2, -0.15) is 0 Å². The molecule has 2 nitrogen and oxygen atoms in total. The van der Waals surface area contributed by atoms with Crippen molar-refractivity contribution in [2.45, 2.75) is 40.3 Å². The van der Waals surface area contributed by atoms with Crippen LogP contribution in [0.1, 0.15) is 38.3 Å². The number of nitrogens with one attached hydrogen (secondary N) is 1. The molecule has 18 heavy (non-hydrogen) atoms. The van der Waals surface area contributed by atoms with Gasteiger partial charge in [-0.3, -0.25) is 0 Å². The second-order valence-corrected chi connectivity index (χ2v) is 5.58. The highest BCUT2D eigenvalue weighted by molar-refractivity contribution is 5.22. The first-order chi connectivity index (χ1) is 8.61. The number of hydrogen-bond acceptors (Lipinski definition) is 2. The monoisotopic (exact) mass is 248 g/mol. The minimum Gasteiger partial charge on any atom is -0.313 e. The molecule has 1 N–H and O–H groups in total. The maximum atomic E-state index is 3.43. The maximum Gasteiger partial charge on any atom is 0.0230 e. The Hall–Kier alpha value is -0.860. The summed E-state index contributed by atoms with van der Waals surface area (Å²) in [6.45, 7) is 11.0. The van der Waals surface area contributed by atoms with E-state index < -0.39 is 0 Å². The largest absolute Gasteiger partial charge is 0.313 e. The summed E-state index contributed by atoms with van der Waals surface area (Å²) in [7, 11) is 2.19. The fraction of sp³-hybridized carbons (Fsp3) is 0.625. The molecule has 0 unspecified atom stereocenters. The first-order valence-electron chi connectivity index (χ1n) is 7.09. The lowest BCUT2D eigenvalue weighted by Crippen LogP contribution is -2.22. The Morgan fingerprint density at radius 2 is 1.72 bits per heavy atom. The second-order valence-electron chi connectivity index (χ2n) is 5.58. The second kappa shape index (κ2) is 8.28. The van der Waals surface area contributed by atoms with Gasteiger partial charge < -0.3 is 10.2 Å². The Morgan fingerprint density at radius 3 is 2.28 bits per heavy atom. The van der Waals surface area contributed by atoms with E-state index in [1.807, 2.05) is 0 Å². The van der Waals surface area contributed by atoms with Gasteiger partial charge in [0, 0.05) is 19.6 Å². The van der Waals surface area contributed by atoms with Gasteiger partial charge in [0.25, 0.3) is 0 Å². The summed E-state index contributed by atoms with van der Waals surface area (Å²) in [6, 6.07) is 8.97. The van der Waals surface area contributed by atoms with Crippen LogP contribution >= 0.6 is 0 Å². The minimum absolute atomic E-state index is 0.729. The van der Waals surface area contributed by atoms with E-state index in [1.165, 1.54) is 17.5 Å². The third-order valence-corrected chi connectivity index (χ3v) is 2.91. The highest BCUT2D eigenvalue weighted by atomic mass is 15.1. The molecule has 0 radical (unpaired) electrons. The molecule has 0 aliphatic rings. The van der Waals surface area contributed by atoms with Crippen LogP contribution in [-0.2, 0) is 13.1 Å². The fourth-order valence-corrected chi connectivity index (χ4v) is 2.17. The Labute approximate surface area is 112 Å². The van der Waals surface area contributed by atoms with Crippen LogP contribution in [0.4, 0.5) is 0 Å².